The first-order chi connectivity index (χ1) is 16.7. The Balaban J connectivity index is 1.48. The second-order valence-corrected chi connectivity index (χ2v) is 9.30. The van der Waals surface area contributed by atoms with Crippen LogP contribution in [0.1, 0.15) is 16.7 Å². The smallest absolute Gasteiger partial charge is 0.172 e. The van der Waals surface area contributed by atoms with Gasteiger partial charge in [-0.25, -0.2) is 0 Å². The highest BCUT2D eigenvalue weighted by Gasteiger charge is 2.46. The second kappa shape index (κ2) is 13.1. The quantitative estimate of drug-likeness (QED) is 0.308. The monoisotopic (exact) mass is 526 g/mol. The van der Waals surface area contributed by atoms with Crippen molar-refractivity contribution in [2.75, 3.05) is 13.7 Å². The van der Waals surface area contributed by atoms with Gasteiger partial charge in [0, 0.05) is 7.11 Å². The van der Waals surface area contributed by atoms with Crippen LogP contribution in [0.25, 0.3) is 0 Å². The highest BCUT2D eigenvalue weighted by molar-refractivity contribution is 9.09. The maximum Gasteiger partial charge on any atom is 0.172 e. The molecule has 0 saturated carbocycles. The van der Waals surface area contributed by atoms with Crippen LogP contribution in [0.2, 0.25) is 0 Å². The molecule has 180 valence electrons. The summed E-state index contributed by atoms with van der Waals surface area (Å²) >= 11 is 3.76. The number of benzene rings is 3. The molecule has 3 aromatic carbocycles. The van der Waals surface area contributed by atoms with E-state index >= 15 is 0 Å². The zero-order chi connectivity index (χ0) is 23.6. The number of hydrogen-bond acceptors (Lipinski definition) is 5. The topological polar surface area (TPSA) is 46.2 Å². The van der Waals surface area contributed by atoms with Crippen molar-refractivity contribution < 1.29 is 23.7 Å². The van der Waals surface area contributed by atoms with Crippen LogP contribution in [-0.4, -0.2) is 43.1 Å². The molecular formula is C28H31BrO5. The molecule has 1 aliphatic rings. The van der Waals surface area contributed by atoms with E-state index in [4.69, 9.17) is 23.7 Å². The van der Waals surface area contributed by atoms with Crippen molar-refractivity contribution in [3.63, 3.8) is 0 Å². The Hall–Kier alpha value is -2.06. The van der Waals surface area contributed by atoms with Crippen LogP contribution >= 0.6 is 15.9 Å². The molecule has 5 atom stereocenters. The van der Waals surface area contributed by atoms with E-state index in [0.717, 1.165) is 16.7 Å². The molecular weight excluding hydrogens is 496 g/mol. The standard InChI is InChI=1S/C28H31BrO5/c1-30-28-25(29)27(33-19-23-15-9-4-10-16-23)26(32-18-22-13-7-3-8-14-22)24(34-28)20-31-17-21-11-5-2-6-12-21/h2-16,24-28H,17-20H2,1H3/t24-,25+,26+,27-,28+/m1/s1. The first kappa shape index (κ1) is 25.0. The molecule has 4 rings (SSSR count). The Kier molecular flexibility index (Phi) is 9.68. The first-order valence-corrected chi connectivity index (χ1v) is 12.4. The molecule has 0 aliphatic carbocycles. The Morgan fingerprint density at radius 1 is 0.676 bits per heavy atom. The third kappa shape index (κ3) is 6.98. The molecule has 3 aromatic rings. The molecule has 0 spiro atoms. The minimum atomic E-state index is -0.484. The third-order valence-electron chi connectivity index (χ3n) is 5.77. The molecule has 0 bridgehead atoms. The van der Waals surface area contributed by atoms with Crippen molar-refractivity contribution in [3.05, 3.63) is 108 Å². The average molecular weight is 527 g/mol. The van der Waals surface area contributed by atoms with Crippen molar-refractivity contribution in [3.8, 4) is 0 Å². The largest absolute Gasteiger partial charge is 0.374 e. The minimum absolute atomic E-state index is 0.202. The number of methoxy groups -OCH3 is 1. The van der Waals surface area contributed by atoms with E-state index in [2.05, 4.69) is 28.1 Å². The Morgan fingerprint density at radius 3 is 1.65 bits per heavy atom. The minimum Gasteiger partial charge on any atom is -0.374 e. The molecule has 1 saturated heterocycles. The van der Waals surface area contributed by atoms with E-state index in [-0.39, 0.29) is 23.1 Å². The third-order valence-corrected chi connectivity index (χ3v) is 6.72. The van der Waals surface area contributed by atoms with Crippen LogP contribution in [0.15, 0.2) is 91.0 Å². The van der Waals surface area contributed by atoms with E-state index in [9.17, 15) is 0 Å². The van der Waals surface area contributed by atoms with Gasteiger partial charge in [-0.3, -0.25) is 0 Å². The molecule has 0 N–H and O–H groups in total. The van der Waals surface area contributed by atoms with E-state index in [1.807, 2.05) is 78.9 Å². The van der Waals surface area contributed by atoms with E-state index in [1.165, 1.54) is 0 Å². The molecule has 0 radical (unpaired) electrons. The molecule has 5 nitrogen and oxygen atoms in total. The summed E-state index contributed by atoms with van der Waals surface area (Å²) in [7, 11) is 1.64. The Bertz CT molecular complexity index is 956. The van der Waals surface area contributed by atoms with E-state index in [1.54, 1.807) is 7.11 Å². The zero-order valence-electron chi connectivity index (χ0n) is 19.3. The van der Waals surface area contributed by atoms with Crippen molar-refractivity contribution in [1.29, 1.82) is 0 Å². The van der Waals surface area contributed by atoms with Crippen LogP contribution in [0.3, 0.4) is 0 Å². The summed E-state index contributed by atoms with van der Waals surface area (Å²) in [6.45, 7) is 1.77. The van der Waals surface area contributed by atoms with Crippen LogP contribution in [0.4, 0.5) is 0 Å². The fourth-order valence-corrected chi connectivity index (χ4v) is 4.78. The van der Waals surface area contributed by atoms with Gasteiger partial charge in [0.2, 0.25) is 0 Å². The van der Waals surface area contributed by atoms with Crippen LogP contribution in [0, 0.1) is 0 Å². The number of halogens is 1. The van der Waals surface area contributed by atoms with Crippen LogP contribution < -0.4 is 0 Å². The molecule has 34 heavy (non-hydrogen) atoms. The zero-order valence-corrected chi connectivity index (χ0v) is 20.9. The summed E-state index contributed by atoms with van der Waals surface area (Å²) in [5.41, 5.74) is 3.30. The van der Waals surface area contributed by atoms with Crippen molar-refractivity contribution >= 4 is 15.9 Å². The SMILES string of the molecule is CO[C@H]1O[C@H](COCc2ccccc2)[C@H](OCc2ccccc2)[C@H](OCc2ccccc2)[C@@H]1Br. The maximum atomic E-state index is 6.43. The lowest BCUT2D eigenvalue weighted by Gasteiger charge is -2.44. The van der Waals surface area contributed by atoms with Gasteiger partial charge in [-0.15, -0.1) is 0 Å². The van der Waals surface area contributed by atoms with Crippen molar-refractivity contribution in [1.82, 2.24) is 0 Å². The highest BCUT2D eigenvalue weighted by Crippen LogP contribution is 2.32. The van der Waals surface area contributed by atoms with Crippen LogP contribution in [-0.2, 0) is 43.5 Å². The summed E-state index contributed by atoms with van der Waals surface area (Å²) in [5.74, 6) is 0. The van der Waals surface area contributed by atoms with Gasteiger partial charge in [0.05, 0.1) is 31.3 Å². The lowest BCUT2D eigenvalue weighted by atomic mass is 10.0. The Labute approximate surface area is 210 Å². The normalized spacial score (nSPS) is 24.7. The van der Waals surface area contributed by atoms with Crippen molar-refractivity contribution in [2.45, 2.75) is 49.2 Å². The van der Waals surface area contributed by atoms with Gasteiger partial charge in [-0.05, 0) is 16.7 Å². The number of rotatable bonds is 11. The molecule has 1 aliphatic heterocycles. The lowest BCUT2D eigenvalue weighted by Crippen LogP contribution is -2.58. The van der Waals surface area contributed by atoms with Gasteiger partial charge in [0.25, 0.3) is 0 Å². The molecule has 1 fully saturated rings. The molecule has 0 amide bonds. The van der Waals surface area contributed by atoms with Gasteiger partial charge in [0.1, 0.15) is 18.3 Å². The predicted octanol–water partition coefficient (Wildman–Crippen LogP) is 5.51. The van der Waals surface area contributed by atoms with Gasteiger partial charge in [-0.1, -0.05) is 107 Å². The van der Waals surface area contributed by atoms with Gasteiger partial charge >= 0.3 is 0 Å². The van der Waals surface area contributed by atoms with Gasteiger partial charge in [0.15, 0.2) is 6.29 Å². The second-order valence-electron chi connectivity index (χ2n) is 8.25. The summed E-state index contributed by atoms with van der Waals surface area (Å²) in [4.78, 5) is -0.202. The fraction of sp³-hybridized carbons (Fsp3) is 0.357. The highest BCUT2D eigenvalue weighted by atomic mass is 79.9. The maximum absolute atomic E-state index is 6.43. The number of hydrogen-bond donors (Lipinski definition) is 0. The van der Waals surface area contributed by atoms with Crippen LogP contribution in [0.5, 0.6) is 0 Å². The molecule has 6 heteroatoms. The average Bonchev–Trinajstić information content (AvgIpc) is 2.89. The first-order valence-electron chi connectivity index (χ1n) is 11.5. The predicted molar refractivity (Wildman–Crippen MR) is 135 cm³/mol. The Morgan fingerprint density at radius 2 is 1.15 bits per heavy atom. The molecule has 0 aromatic heterocycles. The van der Waals surface area contributed by atoms with E-state index < -0.39 is 6.29 Å². The summed E-state index contributed by atoms with van der Waals surface area (Å²) < 4.78 is 30.8. The summed E-state index contributed by atoms with van der Waals surface area (Å²) in [6.07, 6.45) is -1.49. The van der Waals surface area contributed by atoms with Gasteiger partial charge < -0.3 is 23.7 Å². The van der Waals surface area contributed by atoms with Crippen molar-refractivity contribution in [2.24, 2.45) is 0 Å². The molecule has 0 unspecified atom stereocenters. The molecule has 1 heterocycles. The number of ether oxygens (including phenoxy) is 5. The number of alkyl halides is 1. The lowest BCUT2D eigenvalue weighted by molar-refractivity contribution is -0.267. The summed E-state index contributed by atoms with van der Waals surface area (Å²) in [6, 6.07) is 30.3. The fourth-order valence-electron chi connectivity index (χ4n) is 3.98. The van der Waals surface area contributed by atoms with Gasteiger partial charge in [-0.2, -0.15) is 0 Å². The summed E-state index contributed by atoms with van der Waals surface area (Å²) in [5, 5.41) is 0. The van der Waals surface area contributed by atoms with E-state index in [0.29, 0.717) is 26.4 Å².